The molecule has 0 aromatic heterocycles. The van der Waals surface area contributed by atoms with E-state index in [4.69, 9.17) is 4.43 Å². The van der Waals surface area contributed by atoms with Crippen molar-refractivity contribution in [3.05, 3.63) is 77.0 Å². The number of carbonyl (C=O) groups is 2. The first-order valence-corrected chi connectivity index (χ1v) is 12.9. The topological polar surface area (TPSA) is 55.4 Å². The molecule has 0 bridgehead atoms. The number of para-hydroxylation sites is 1. The van der Waals surface area contributed by atoms with Crippen LogP contribution in [-0.4, -0.2) is 26.4 Å². The van der Waals surface area contributed by atoms with Gasteiger partial charge in [-0.2, -0.15) is 0 Å². The number of carbonyl (C=O) groups excluding carboxylic acids is 2. The fraction of sp³-hybridized carbons (Fsp3) is 0.333. The summed E-state index contributed by atoms with van der Waals surface area (Å²) in [5, 5.41) is 3.27. The lowest BCUT2D eigenvalue weighted by Gasteiger charge is -2.37. The molecule has 0 radical (unpaired) electrons. The van der Waals surface area contributed by atoms with Gasteiger partial charge in [-0.15, -0.1) is 0 Å². The van der Waals surface area contributed by atoms with E-state index >= 15 is 0 Å². The van der Waals surface area contributed by atoms with Crippen LogP contribution in [0.25, 0.3) is 0 Å². The summed E-state index contributed by atoms with van der Waals surface area (Å²) < 4.78 is 6.50. The molecule has 0 unspecified atom stereocenters. The van der Waals surface area contributed by atoms with Crippen LogP contribution in [0.15, 0.2) is 60.3 Å². The zero-order valence-corrected chi connectivity index (χ0v) is 18.8. The second-order valence-corrected chi connectivity index (χ2v) is 13.7. The van der Waals surface area contributed by atoms with E-state index in [1.807, 2.05) is 18.2 Å². The lowest BCUT2D eigenvalue weighted by molar-refractivity contribution is 0.0978. The Kier molecular flexibility index (Phi) is 5.80. The van der Waals surface area contributed by atoms with Crippen LogP contribution in [0.1, 0.15) is 47.1 Å². The number of allylic oxidation sites excluding steroid dienone is 2. The van der Waals surface area contributed by atoms with Crippen LogP contribution < -0.4 is 9.74 Å². The molecule has 29 heavy (non-hydrogen) atoms. The second-order valence-electron chi connectivity index (χ2n) is 8.94. The average Bonchev–Trinajstić information content (AvgIpc) is 2.66. The minimum atomic E-state index is -1.94. The Bertz CT molecular complexity index is 970. The summed E-state index contributed by atoms with van der Waals surface area (Å²) in [6, 6.07) is 15.0. The maximum atomic E-state index is 12.7. The van der Waals surface area contributed by atoms with E-state index in [-0.39, 0.29) is 16.6 Å². The monoisotopic (exact) mass is 407 g/mol. The van der Waals surface area contributed by atoms with Crippen LogP contribution >= 0.6 is 0 Å². The lowest BCUT2D eigenvalue weighted by Crippen LogP contribution is -2.44. The fourth-order valence-electron chi connectivity index (χ4n) is 3.02. The van der Waals surface area contributed by atoms with Gasteiger partial charge in [-0.05, 0) is 36.2 Å². The molecule has 1 N–H and O–H groups in total. The van der Waals surface area contributed by atoms with E-state index in [0.717, 1.165) is 11.3 Å². The standard InChI is InChI=1S/C24H29NO3Si/c1-24(2,3)29(4,5)28-22-13-9-6-10-17(22)14-15-25-20-16-21(26)18-11-7-8-12-19(18)23(20)27/h6-13,16,25H,14-15H2,1-5H3. The molecule has 0 saturated carbocycles. The highest BCUT2D eigenvalue weighted by molar-refractivity contribution is 6.74. The number of Topliss-reactive ketones (excluding diaryl/α,β-unsaturated/α-hetero) is 1. The predicted molar refractivity (Wildman–Crippen MR) is 119 cm³/mol. The average molecular weight is 408 g/mol. The Morgan fingerprint density at radius 1 is 0.931 bits per heavy atom. The van der Waals surface area contributed by atoms with Crippen LogP contribution in [0.4, 0.5) is 0 Å². The van der Waals surface area contributed by atoms with Crippen molar-refractivity contribution in [3.63, 3.8) is 0 Å². The molecule has 1 aliphatic rings. The lowest BCUT2D eigenvalue weighted by atomic mass is 9.92. The summed E-state index contributed by atoms with van der Waals surface area (Å²) in [7, 11) is -1.94. The third-order valence-corrected chi connectivity index (χ3v) is 10.2. The molecular weight excluding hydrogens is 378 g/mol. The van der Waals surface area contributed by atoms with Crippen LogP contribution in [0.2, 0.25) is 18.1 Å². The number of benzene rings is 2. The quantitative estimate of drug-likeness (QED) is 0.672. The molecule has 1 aliphatic carbocycles. The van der Waals surface area contributed by atoms with Gasteiger partial charge in [0.25, 0.3) is 0 Å². The zero-order valence-electron chi connectivity index (χ0n) is 17.8. The van der Waals surface area contributed by atoms with Gasteiger partial charge in [-0.3, -0.25) is 9.59 Å². The van der Waals surface area contributed by atoms with Crippen molar-refractivity contribution in [2.75, 3.05) is 6.54 Å². The molecule has 2 aromatic carbocycles. The highest BCUT2D eigenvalue weighted by atomic mass is 28.4. The molecule has 2 aromatic rings. The van der Waals surface area contributed by atoms with Gasteiger partial charge in [-0.1, -0.05) is 63.2 Å². The van der Waals surface area contributed by atoms with Crippen LogP contribution in [0.3, 0.4) is 0 Å². The Labute approximate surface area is 174 Å². The van der Waals surface area contributed by atoms with Crippen molar-refractivity contribution in [1.29, 1.82) is 0 Å². The van der Waals surface area contributed by atoms with Crippen LogP contribution in [0.5, 0.6) is 5.75 Å². The number of nitrogens with one attached hydrogen (secondary N) is 1. The number of hydrogen-bond donors (Lipinski definition) is 1. The van der Waals surface area contributed by atoms with E-state index in [1.54, 1.807) is 24.3 Å². The summed E-state index contributed by atoms with van der Waals surface area (Å²) >= 11 is 0. The van der Waals surface area contributed by atoms with E-state index in [1.165, 1.54) is 6.08 Å². The fourth-order valence-corrected chi connectivity index (χ4v) is 4.07. The summed E-state index contributed by atoms with van der Waals surface area (Å²) in [6.45, 7) is 11.7. The highest BCUT2D eigenvalue weighted by Crippen LogP contribution is 2.38. The van der Waals surface area contributed by atoms with Crippen molar-refractivity contribution >= 4 is 19.9 Å². The summed E-state index contributed by atoms with van der Waals surface area (Å²) in [4.78, 5) is 25.0. The first-order valence-electron chi connectivity index (χ1n) is 10.0. The first-order chi connectivity index (χ1) is 13.6. The molecule has 0 atom stereocenters. The molecule has 0 amide bonds. The summed E-state index contributed by atoms with van der Waals surface area (Å²) in [5.41, 5.74) is 2.39. The molecule has 0 spiro atoms. The molecule has 0 saturated heterocycles. The van der Waals surface area contributed by atoms with Gasteiger partial charge in [0.2, 0.25) is 14.1 Å². The van der Waals surface area contributed by atoms with Crippen LogP contribution in [-0.2, 0) is 6.42 Å². The molecule has 0 fully saturated rings. The Hall–Kier alpha value is -2.66. The molecule has 5 heteroatoms. The number of hydrogen-bond acceptors (Lipinski definition) is 4. The number of rotatable bonds is 6. The Morgan fingerprint density at radius 2 is 1.55 bits per heavy atom. The van der Waals surface area contributed by atoms with Crippen molar-refractivity contribution < 1.29 is 14.0 Å². The van der Waals surface area contributed by atoms with E-state index < -0.39 is 8.32 Å². The van der Waals surface area contributed by atoms with E-state index in [2.05, 4.69) is 45.2 Å². The van der Waals surface area contributed by atoms with Crippen molar-refractivity contribution in [1.82, 2.24) is 5.32 Å². The minimum Gasteiger partial charge on any atom is -0.543 e. The maximum absolute atomic E-state index is 12.7. The smallest absolute Gasteiger partial charge is 0.250 e. The van der Waals surface area contributed by atoms with Crippen LogP contribution in [0, 0.1) is 0 Å². The third-order valence-electron chi connectivity index (χ3n) is 5.81. The molecule has 152 valence electrons. The highest BCUT2D eigenvalue weighted by Gasteiger charge is 2.39. The zero-order chi connectivity index (χ0) is 21.2. The second kappa shape index (κ2) is 7.99. The third kappa shape index (κ3) is 4.51. The van der Waals surface area contributed by atoms with Gasteiger partial charge in [0.15, 0.2) is 5.78 Å². The summed E-state index contributed by atoms with van der Waals surface area (Å²) in [5.74, 6) is 0.640. The molecular formula is C24H29NO3Si. The predicted octanol–water partition coefficient (Wildman–Crippen LogP) is 5.17. The largest absolute Gasteiger partial charge is 0.543 e. The number of fused-ring (bicyclic) bond motifs is 1. The van der Waals surface area contributed by atoms with Crippen molar-refractivity contribution in [2.45, 2.75) is 45.3 Å². The van der Waals surface area contributed by atoms with Gasteiger partial charge in [0, 0.05) is 23.7 Å². The van der Waals surface area contributed by atoms with Crippen molar-refractivity contribution in [3.8, 4) is 5.75 Å². The maximum Gasteiger partial charge on any atom is 0.250 e. The van der Waals surface area contributed by atoms with Gasteiger partial charge in [-0.25, -0.2) is 0 Å². The van der Waals surface area contributed by atoms with Crippen molar-refractivity contribution in [2.24, 2.45) is 0 Å². The minimum absolute atomic E-state index is 0.117. The van der Waals surface area contributed by atoms with Gasteiger partial charge < -0.3 is 9.74 Å². The van der Waals surface area contributed by atoms with Gasteiger partial charge >= 0.3 is 0 Å². The number of ketones is 2. The molecule has 4 nitrogen and oxygen atoms in total. The SMILES string of the molecule is CC(C)(C)[Si](C)(C)Oc1ccccc1CCNC1=CC(=O)c2ccccc2C1=O. The van der Waals surface area contributed by atoms with E-state index in [9.17, 15) is 9.59 Å². The molecule has 3 rings (SSSR count). The molecule has 0 heterocycles. The van der Waals surface area contributed by atoms with Gasteiger partial charge in [0.1, 0.15) is 5.75 Å². The van der Waals surface area contributed by atoms with Gasteiger partial charge in [0.05, 0.1) is 5.70 Å². The first kappa shape index (κ1) is 21.1. The summed E-state index contributed by atoms with van der Waals surface area (Å²) in [6.07, 6.45) is 2.11. The Balaban J connectivity index is 1.69. The molecule has 0 aliphatic heterocycles. The Morgan fingerprint density at radius 3 is 2.24 bits per heavy atom. The van der Waals surface area contributed by atoms with E-state index in [0.29, 0.717) is 29.8 Å². The normalized spacial score (nSPS) is 14.3.